The number of benzene rings is 1. The summed E-state index contributed by atoms with van der Waals surface area (Å²) in [6.45, 7) is 8.14. The maximum Gasteiger partial charge on any atom is 0.336 e. The molecule has 0 fully saturated rings. The monoisotopic (exact) mass is 376 g/mol. The number of hydrogen-bond acceptors (Lipinski definition) is 5. The quantitative estimate of drug-likeness (QED) is 0.343. The van der Waals surface area contributed by atoms with Gasteiger partial charge in [0.05, 0.1) is 17.6 Å². The van der Waals surface area contributed by atoms with Crippen molar-refractivity contribution in [1.82, 2.24) is 5.32 Å². The van der Waals surface area contributed by atoms with Crippen LogP contribution < -0.4 is 5.32 Å². The van der Waals surface area contributed by atoms with Crippen molar-refractivity contribution in [2.45, 2.75) is 33.6 Å². The van der Waals surface area contributed by atoms with Gasteiger partial charge in [0, 0.05) is 29.4 Å². The lowest BCUT2D eigenvalue weighted by atomic mass is 9.86. The summed E-state index contributed by atoms with van der Waals surface area (Å²) in [7, 11) is 0.890. The minimum atomic E-state index is -0.472. The van der Waals surface area contributed by atoms with Gasteiger partial charge in [-0.2, -0.15) is 0 Å². The minimum absolute atomic E-state index is 0.0252. The third-order valence-corrected chi connectivity index (χ3v) is 7.45. The normalized spacial score (nSPS) is 17.4. The highest BCUT2D eigenvalue weighted by Crippen LogP contribution is 2.56. The van der Waals surface area contributed by atoms with Crippen LogP contribution >= 0.6 is 7.92 Å². The number of nitrogens with zero attached hydrogens (tertiary/aromatic N) is 1. The van der Waals surface area contributed by atoms with Gasteiger partial charge < -0.3 is 10.1 Å². The number of nitro groups is 1. The first kappa shape index (κ1) is 20.1. The molecular formula is C19H25N2O4P. The number of esters is 1. The maximum absolute atomic E-state index is 12.6. The zero-order chi connectivity index (χ0) is 19.4. The maximum atomic E-state index is 12.6. The molecule has 7 heteroatoms. The van der Waals surface area contributed by atoms with Crippen molar-refractivity contribution in [1.29, 1.82) is 0 Å². The zero-order valence-electron chi connectivity index (χ0n) is 15.8. The molecule has 0 saturated carbocycles. The van der Waals surface area contributed by atoms with Crippen LogP contribution in [0.2, 0.25) is 0 Å². The van der Waals surface area contributed by atoms with Gasteiger partial charge in [-0.1, -0.05) is 33.9 Å². The van der Waals surface area contributed by atoms with Crippen LogP contribution in [0.5, 0.6) is 0 Å². The number of nitro benzene ring substituents is 1. The van der Waals surface area contributed by atoms with Crippen LogP contribution in [0.15, 0.2) is 46.5 Å². The predicted octanol–water partition coefficient (Wildman–Crippen LogP) is 4.48. The molecule has 6 nitrogen and oxygen atoms in total. The molecule has 0 amide bonds. The second-order valence-corrected chi connectivity index (χ2v) is 8.95. The molecule has 1 N–H and O–H groups in total. The van der Waals surface area contributed by atoms with Crippen LogP contribution in [0.1, 0.15) is 39.2 Å². The SMILES string of the molecule is CCP(CC)C1=C(C)NC(C)=C(C(=O)OC)C1c1cccc([N+](=O)[O-])c1. The summed E-state index contributed by atoms with van der Waals surface area (Å²) in [5, 5.41) is 15.7. The van der Waals surface area contributed by atoms with Crippen molar-refractivity contribution in [3.63, 3.8) is 0 Å². The first-order valence-electron chi connectivity index (χ1n) is 8.61. The molecule has 1 aromatic carbocycles. The molecule has 0 aromatic heterocycles. The van der Waals surface area contributed by atoms with Crippen molar-refractivity contribution in [2.24, 2.45) is 0 Å². The molecule has 2 rings (SSSR count). The molecule has 1 aromatic rings. The lowest BCUT2D eigenvalue weighted by Gasteiger charge is -2.35. The summed E-state index contributed by atoms with van der Waals surface area (Å²) in [6.07, 6.45) is 1.97. The van der Waals surface area contributed by atoms with E-state index in [1.165, 1.54) is 13.2 Å². The fourth-order valence-corrected chi connectivity index (χ4v) is 5.79. The fraction of sp³-hybridized carbons (Fsp3) is 0.421. The molecule has 1 aliphatic heterocycles. The van der Waals surface area contributed by atoms with Crippen LogP contribution in [-0.4, -0.2) is 30.3 Å². The van der Waals surface area contributed by atoms with Gasteiger partial charge in [0.2, 0.25) is 0 Å². The van der Waals surface area contributed by atoms with E-state index in [2.05, 4.69) is 19.2 Å². The molecule has 1 aliphatic rings. The van der Waals surface area contributed by atoms with E-state index in [-0.39, 0.29) is 11.6 Å². The average Bonchev–Trinajstić information content (AvgIpc) is 2.63. The average molecular weight is 376 g/mol. The van der Waals surface area contributed by atoms with Gasteiger partial charge in [-0.05, 0) is 37.0 Å². The summed E-state index contributed by atoms with van der Waals surface area (Å²) >= 11 is 0. The Hall–Kier alpha value is -2.20. The fourth-order valence-electron chi connectivity index (χ4n) is 3.49. The van der Waals surface area contributed by atoms with Gasteiger partial charge in [-0.25, -0.2) is 4.79 Å². The lowest BCUT2D eigenvalue weighted by Crippen LogP contribution is -2.28. The van der Waals surface area contributed by atoms with E-state index in [0.717, 1.165) is 34.6 Å². The van der Waals surface area contributed by atoms with E-state index in [1.54, 1.807) is 12.1 Å². The number of hydrogen-bond donors (Lipinski definition) is 1. The molecule has 1 atom stereocenters. The van der Waals surface area contributed by atoms with Crippen LogP contribution in [-0.2, 0) is 9.53 Å². The molecule has 26 heavy (non-hydrogen) atoms. The Labute approximate surface area is 155 Å². The number of ether oxygens (including phenoxy) is 1. The second kappa shape index (κ2) is 8.45. The zero-order valence-corrected chi connectivity index (χ0v) is 16.7. The summed E-state index contributed by atoms with van der Waals surface area (Å²) in [6, 6.07) is 6.56. The standard InChI is InChI=1S/C19H25N2O4P/c1-6-26(7-2)18-13(4)20-12(3)16(19(22)25-5)17(18)14-9-8-10-15(11-14)21(23)24/h8-11,17,20H,6-7H2,1-5H3. The van der Waals surface area contributed by atoms with Crippen LogP contribution in [0.3, 0.4) is 0 Å². The predicted molar refractivity (Wildman–Crippen MR) is 104 cm³/mol. The molecule has 1 unspecified atom stereocenters. The van der Waals surface area contributed by atoms with Gasteiger partial charge in [-0.15, -0.1) is 0 Å². The third-order valence-electron chi connectivity index (χ3n) is 4.65. The summed E-state index contributed by atoms with van der Waals surface area (Å²) in [4.78, 5) is 23.4. The Morgan fingerprint density at radius 3 is 2.46 bits per heavy atom. The van der Waals surface area contributed by atoms with E-state index in [9.17, 15) is 14.9 Å². The number of allylic oxidation sites excluding steroid dienone is 3. The molecule has 1 heterocycles. The van der Waals surface area contributed by atoms with Crippen LogP contribution in [0.25, 0.3) is 0 Å². The number of non-ortho nitro benzene ring substituents is 1. The Morgan fingerprint density at radius 1 is 1.27 bits per heavy atom. The molecule has 0 bridgehead atoms. The summed E-state index contributed by atoms with van der Waals surface area (Å²) in [5.74, 6) is -0.728. The second-order valence-electron chi connectivity index (χ2n) is 6.12. The van der Waals surface area contributed by atoms with E-state index < -0.39 is 18.8 Å². The Morgan fingerprint density at radius 2 is 1.92 bits per heavy atom. The highest BCUT2D eigenvalue weighted by atomic mass is 31.1. The smallest absolute Gasteiger partial charge is 0.336 e. The Bertz CT molecular complexity index is 781. The highest BCUT2D eigenvalue weighted by molar-refractivity contribution is 7.62. The van der Waals surface area contributed by atoms with E-state index >= 15 is 0 Å². The van der Waals surface area contributed by atoms with Gasteiger partial charge in [0.1, 0.15) is 0 Å². The summed E-state index contributed by atoms with van der Waals surface area (Å²) < 4.78 is 5.03. The van der Waals surface area contributed by atoms with Crippen LogP contribution in [0, 0.1) is 10.1 Å². The molecule has 140 valence electrons. The Kier molecular flexibility index (Phi) is 6.54. The number of dihydropyridines is 1. The molecule has 0 radical (unpaired) electrons. The van der Waals surface area contributed by atoms with Crippen molar-refractivity contribution < 1.29 is 14.5 Å². The lowest BCUT2D eigenvalue weighted by molar-refractivity contribution is -0.384. The summed E-state index contributed by atoms with van der Waals surface area (Å²) in [5.41, 5.74) is 3.07. The number of nitrogens with one attached hydrogen (secondary N) is 1. The minimum Gasteiger partial charge on any atom is -0.466 e. The third kappa shape index (κ3) is 3.80. The van der Waals surface area contributed by atoms with Gasteiger partial charge in [0.15, 0.2) is 0 Å². The van der Waals surface area contributed by atoms with E-state index in [1.807, 2.05) is 19.9 Å². The van der Waals surface area contributed by atoms with Gasteiger partial charge >= 0.3 is 5.97 Å². The first-order chi connectivity index (χ1) is 12.3. The number of carbonyl (C=O) groups is 1. The van der Waals surface area contributed by atoms with E-state index in [0.29, 0.717) is 5.57 Å². The van der Waals surface area contributed by atoms with Crippen molar-refractivity contribution in [2.75, 3.05) is 19.4 Å². The van der Waals surface area contributed by atoms with Crippen LogP contribution in [0.4, 0.5) is 5.69 Å². The number of carbonyl (C=O) groups excluding carboxylic acids is 1. The van der Waals surface area contributed by atoms with Gasteiger partial charge in [-0.3, -0.25) is 10.1 Å². The first-order valence-corrected chi connectivity index (χ1v) is 10.3. The van der Waals surface area contributed by atoms with Crippen molar-refractivity contribution >= 4 is 19.6 Å². The number of methoxy groups -OCH3 is 1. The molecule has 0 aliphatic carbocycles. The number of rotatable bonds is 6. The van der Waals surface area contributed by atoms with Gasteiger partial charge in [0.25, 0.3) is 5.69 Å². The topological polar surface area (TPSA) is 81.5 Å². The molecular weight excluding hydrogens is 351 g/mol. The molecule has 0 saturated heterocycles. The Balaban J connectivity index is 2.72. The van der Waals surface area contributed by atoms with Crippen molar-refractivity contribution in [3.8, 4) is 0 Å². The molecule has 0 spiro atoms. The van der Waals surface area contributed by atoms with Crippen molar-refractivity contribution in [3.05, 3.63) is 62.2 Å². The largest absolute Gasteiger partial charge is 0.466 e. The highest BCUT2D eigenvalue weighted by Gasteiger charge is 2.36. The van der Waals surface area contributed by atoms with E-state index in [4.69, 9.17) is 4.74 Å².